The average molecular weight is 290 g/mol. The number of nitrogens with zero attached hydrogens (tertiary/aromatic N) is 1. The molecule has 0 bridgehead atoms. The predicted octanol–water partition coefficient (Wildman–Crippen LogP) is 2.83. The second-order valence-corrected chi connectivity index (χ2v) is 4.28. The minimum absolute atomic E-state index is 0.156. The number of nitrogens with two attached hydrogens (primary N) is 1. The molecular formula is C13H17F3N2O2. The van der Waals surface area contributed by atoms with Crippen molar-refractivity contribution in [2.45, 2.75) is 19.5 Å². The van der Waals surface area contributed by atoms with E-state index in [2.05, 4.69) is 0 Å². The lowest BCUT2D eigenvalue weighted by atomic mass is 10.1. The number of carbonyl (C=O) groups is 1. The van der Waals surface area contributed by atoms with E-state index in [0.29, 0.717) is 5.69 Å². The van der Waals surface area contributed by atoms with Crippen molar-refractivity contribution in [1.82, 2.24) is 0 Å². The Balaban J connectivity index is 2.86. The SMILES string of the molecule is CCOC(=O)c1cc(N(C)CCC(F)(F)F)ccc1N. The number of anilines is 2. The number of ether oxygens (including phenoxy) is 1. The second kappa shape index (κ2) is 6.49. The molecule has 0 aromatic heterocycles. The highest BCUT2D eigenvalue weighted by Gasteiger charge is 2.27. The summed E-state index contributed by atoms with van der Waals surface area (Å²) in [6.45, 7) is 1.66. The molecule has 0 atom stereocenters. The van der Waals surface area contributed by atoms with Crippen LogP contribution in [0.15, 0.2) is 18.2 Å². The number of carbonyl (C=O) groups excluding carboxylic acids is 1. The molecule has 112 valence electrons. The van der Waals surface area contributed by atoms with Crippen LogP contribution in [0.1, 0.15) is 23.7 Å². The predicted molar refractivity (Wildman–Crippen MR) is 70.8 cm³/mol. The smallest absolute Gasteiger partial charge is 0.390 e. The number of nitrogen functional groups attached to an aromatic ring is 1. The molecule has 2 N–H and O–H groups in total. The Hall–Kier alpha value is -1.92. The molecule has 1 aromatic rings. The van der Waals surface area contributed by atoms with Gasteiger partial charge in [-0.1, -0.05) is 0 Å². The van der Waals surface area contributed by atoms with Crippen molar-refractivity contribution < 1.29 is 22.7 Å². The summed E-state index contributed by atoms with van der Waals surface area (Å²) in [7, 11) is 1.52. The molecule has 7 heteroatoms. The molecule has 4 nitrogen and oxygen atoms in total. The van der Waals surface area contributed by atoms with Gasteiger partial charge in [0.1, 0.15) is 0 Å². The topological polar surface area (TPSA) is 55.6 Å². The number of hydrogen-bond donors (Lipinski definition) is 1. The summed E-state index contributed by atoms with van der Waals surface area (Å²) in [5, 5.41) is 0. The lowest BCUT2D eigenvalue weighted by molar-refractivity contribution is -0.132. The molecule has 0 aliphatic rings. The maximum absolute atomic E-state index is 12.2. The van der Waals surface area contributed by atoms with Crippen LogP contribution < -0.4 is 10.6 Å². The average Bonchev–Trinajstić information content (AvgIpc) is 2.36. The zero-order valence-corrected chi connectivity index (χ0v) is 11.3. The summed E-state index contributed by atoms with van der Waals surface area (Å²) in [4.78, 5) is 13.1. The maximum Gasteiger partial charge on any atom is 0.390 e. The van der Waals surface area contributed by atoms with Gasteiger partial charge < -0.3 is 15.4 Å². The van der Waals surface area contributed by atoms with Gasteiger partial charge in [0.2, 0.25) is 0 Å². The van der Waals surface area contributed by atoms with Gasteiger partial charge in [0.05, 0.1) is 18.6 Å². The second-order valence-electron chi connectivity index (χ2n) is 4.28. The summed E-state index contributed by atoms with van der Waals surface area (Å²) in [5.74, 6) is -0.587. The van der Waals surface area contributed by atoms with E-state index in [1.54, 1.807) is 13.0 Å². The molecule has 0 fully saturated rings. The highest BCUT2D eigenvalue weighted by Crippen LogP contribution is 2.24. The third-order valence-corrected chi connectivity index (χ3v) is 2.70. The third-order valence-electron chi connectivity index (χ3n) is 2.70. The zero-order chi connectivity index (χ0) is 15.3. The Morgan fingerprint density at radius 3 is 2.60 bits per heavy atom. The van der Waals surface area contributed by atoms with Crippen molar-refractivity contribution in [3.8, 4) is 0 Å². The molecule has 20 heavy (non-hydrogen) atoms. The molecule has 0 aliphatic heterocycles. The molecular weight excluding hydrogens is 273 g/mol. The van der Waals surface area contributed by atoms with Crippen LogP contribution in [-0.4, -0.2) is 32.3 Å². The lowest BCUT2D eigenvalue weighted by Crippen LogP contribution is -2.24. The first-order chi connectivity index (χ1) is 9.24. The van der Waals surface area contributed by atoms with Gasteiger partial charge in [0.25, 0.3) is 0 Å². The highest BCUT2D eigenvalue weighted by molar-refractivity contribution is 5.96. The van der Waals surface area contributed by atoms with Crippen LogP contribution >= 0.6 is 0 Å². The first kappa shape index (κ1) is 16.1. The van der Waals surface area contributed by atoms with E-state index in [4.69, 9.17) is 10.5 Å². The summed E-state index contributed by atoms with van der Waals surface area (Å²) >= 11 is 0. The minimum Gasteiger partial charge on any atom is -0.462 e. The van der Waals surface area contributed by atoms with Crippen molar-refractivity contribution in [3.63, 3.8) is 0 Å². The van der Waals surface area contributed by atoms with Gasteiger partial charge in [-0.3, -0.25) is 0 Å². The van der Waals surface area contributed by atoms with Crippen LogP contribution in [-0.2, 0) is 4.74 Å². The molecule has 0 unspecified atom stereocenters. The third kappa shape index (κ3) is 4.64. The molecule has 1 rings (SSSR count). The van der Waals surface area contributed by atoms with Gasteiger partial charge in [-0.15, -0.1) is 0 Å². The maximum atomic E-state index is 12.2. The first-order valence-corrected chi connectivity index (χ1v) is 6.09. The van der Waals surface area contributed by atoms with Crippen molar-refractivity contribution >= 4 is 17.3 Å². The van der Waals surface area contributed by atoms with Gasteiger partial charge in [-0.2, -0.15) is 13.2 Å². The van der Waals surface area contributed by atoms with Gasteiger partial charge in [-0.05, 0) is 25.1 Å². The van der Waals surface area contributed by atoms with Crippen LogP contribution in [0, 0.1) is 0 Å². The molecule has 0 saturated carbocycles. The standard InChI is InChI=1S/C13H17F3N2O2/c1-3-20-12(19)10-8-9(4-5-11(10)17)18(2)7-6-13(14,15)16/h4-5,8H,3,6-7,17H2,1-2H3. The fraction of sp³-hybridized carbons (Fsp3) is 0.462. The number of esters is 1. The van der Waals surface area contributed by atoms with E-state index in [1.165, 1.54) is 24.1 Å². The summed E-state index contributed by atoms with van der Waals surface area (Å²) < 4.78 is 41.4. The van der Waals surface area contributed by atoms with E-state index in [0.717, 1.165) is 0 Å². The Bertz CT molecular complexity index is 475. The van der Waals surface area contributed by atoms with Crippen molar-refractivity contribution in [3.05, 3.63) is 23.8 Å². The first-order valence-electron chi connectivity index (χ1n) is 6.09. The Kier molecular flexibility index (Phi) is 5.24. The molecule has 0 heterocycles. The zero-order valence-electron chi connectivity index (χ0n) is 11.3. The fourth-order valence-corrected chi connectivity index (χ4v) is 1.59. The largest absolute Gasteiger partial charge is 0.462 e. The highest BCUT2D eigenvalue weighted by atomic mass is 19.4. The van der Waals surface area contributed by atoms with E-state index >= 15 is 0 Å². The number of hydrogen-bond acceptors (Lipinski definition) is 4. The van der Waals surface area contributed by atoms with Gasteiger partial charge in [-0.25, -0.2) is 4.79 Å². The number of alkyl halides is 3. The lowest BCUT2D eigenvalue weighted by Gasteiger charge is -2.21. The van der Waals surface area contributed by atoms with Gasteiger partial charge in [0, 0.05) is 25.0 Å². The van der Waals surface area contributed by atoms with Crippen LogP contribution in [0.25, 0.3) is 0 Å². The molecule has 0 aliphatic carbocycles. The van der Waals surface area contributed by atoms with Crippen LogP contribution in [0.5, 0.6) is 0 Å². The molecule has 0 radical (unpaired) electrons. The quantitative estimate of drug-likeness (QED) is 0.669. The number of rotatable bonds is 5. The molecule has 1 aromatic carbocycles. The van der Waals surface area contributed by atoms with Crippen molar-refractivity contribution in [2.24, 2.45) is 0 Å². The molecule has 0 saturated heterocycles. The molecule has 0 spiro atoms. The van der Waals surface area contributed by atoms with Gasteiger partial charge in [0.15, 0.2) is 0 Å². The Morgan fingerprint density at radius 2 is 2.05 bits per heavy atom. The van der Waals surface area contributed by atoms with Crippen LogP contribution in [0.3, 0.4) is 0 Å². The van der Waals surface area contributed by atoms with E-state index < -0.39 is 18.6 Å². The monoisotopic (exact) mass is 290 g/mol. The van der Waals surface area contributed by atoms with Crippen LogP contribution in [0.2, 0.25) is 0 Å². The number of halogens is 3. The molecule has 0 amide bonds. The van der Waals surface area contributed by atoms with E-state index in [-0.39, 0.29) is 24.4 Å². The van der Waals surface area contributed by atoms with Gasteiger partial charge >= 0.3 is 12.1 Å². The Morgan fingerprint density at radius 1 is 1.40 bits per heavy atom. The Labute approximate surface area is 115 Å². The normalized spacial score (nSPS) is 11.2. The minimum atomic E-state index is -4.22. The van der Waals surface area contributed by atoms with Crippen molar-refractivity contribution in [1.29, 1.82) is 0 Å². The summed E-state index contributed by atoms with van der Waals surface area (Å²) in [6, 6.07) is 4.48. The van der Waals surface area contributed by atoms with Crippen molar-refractivity contribution in [2.75, 3.05) is 30.8 Å². The van der Waals surface area contributed by atoms with E-state index in [1.807, 2.05) is 0 Å². The van der Waals surface area contributed by atoms with Crippen LogP contribution in [0.4, 0.5) is 24.5 Å². The summed E-state index contributed by atoms with van der Waals surface area (Å²) in [6.07, 6.45) is -5.14. The van der Waals surface area contributed by atoms with E-state index in [9.17, 15) is 18.0 Å². The summed E-state index contributed by atoms with van der Waals surface area (Å²) in [5.41, 5.74) is 6.53. The fourth-order valence-electron chi connectivity index (χ4n) is 1.59. The number of benzene rings is 1.